The Morgan fingerprint density at radius 1 is 0.941 bits per heavy atom. The standard InChI is InChI=1S/C24H32N8OS/c1-18-17-25-24(27-19-8-10-22(11-9-19)32-14-12-31(4)13-15-32)28-23(18)26-20-6-5-7-21(16-20)29-34(33)30(2)3/h5-11,16-17,29H,12-15H2,1-4H3,(H2,25,26,27,28). The van der Waals surface area contributed by atoms with Gasteiger partial charge in [-0.2, -0.15) is 9.71 Å². The number of piperazine rings is 1. The van der Waals surface area contributed by atoms with Crippen LogP contribution < -0.4 is 20.3 Å². The molecular weight excluding hydrogens is 448 g/mol. The average molecular weight is 481 g/mol. The van der Waals surface area contributed by atoms with Crippen LogP contribution in [0.4, 0.5) is 34.5 Å². The van der Waals surface area contributed by atoms with Gasteiger partial charge >= 0.3 is 0 Å². The van der Waals surface area contributed by atoms with Gasteiger partial charge in [-0.3, -0.25) is 0 Å². The Balaban J connectivity index is 1.42. The Morgan fingerprint density at radius 2 is 1.65 bits per heavy atom. The molecule has 1 aliphatic rings. The minimum atomic E-state index is -1.30. The van der Waals surface area contributed by atoms with E-state index in [0.717, 1.165) is 48.8 Å². The van der Waals surface area contributed by atoms with E-state index in [4.69, 9.17) is 0 Å². The highest BCUT2D eigenvalue weighted by molar-refractivity contribution is 7.90. The Labute approximate surface area is 204 Å². The zero-order valence-corrected chi connectivity index (χ0v) is 20.9. The molecule has 1 atom stereocenters. The molecule has 0 radical (unpaired) electrons. The molecule has 10 heteroatoms. The molecule has 2 heterocycles. The lowest BCUT2D eigenvalue weighted by Gasteiger charge is -2.34. The summed E-state index contributed by atoms with van der Waals surface area (Å²) in [6.07, 6.45) is 1.79. The largest absolute Gasteiger partial charge is 0.573 e. The average Bonchev–Trinajstić information content (AvgIpc) is 2.82. The van der Waals surface area contributed by atoms with Crippen LogP contribution in [0.15, 0.2) is 54.7 Å². The molecule has 0 saturated carbocycles. The first kappa shape index (κ1) is 24.1. The number of hydrogen-bond donors (Lipinski definition) is 3. The first-order chi connectivity index (χ1) is 16.4. The van der Waals surface area contributed by atoms with Crippen LogP contribution >= 0.6 is 0 Å². The van der Waals surface area contributed by atoms with Crippen molar-refractivity contribution in [3.63, 3.8) is 0 Å². The normalized spacial score (nSPS) is 15.3. The van der Waals surface area contributed by atoms with E-state index in [0.29, 0.717) is 11.8 Å². The molecule has 1 saturated heterocycles. The van der Waals surface area contributed by atoms with Crippen LogP contribution in [-0.4, -0.2) is 71.0 Å². The fourth-order valence-corrected chi connectivity index (χ4v) is 4.08. The van der Waals surface area contributed by atoms with E-state index in [1.807, 2.05) is 31.2 Å². The van der Waals surface area contributed by atoms with Gasteiger partial charge in [0.15, 0.2) is 11.5 Å². The van der Waals surface area contributed by atoms with Gasteiger partial charge in [0.05, 0.1) is 5.69 Å². The van der Waals surface area contributed by atoms with Gasteiger partial charge in [-0.05, 0) is 56.4 Å². The van der Waals surface area contributed by atoms with E-state index >= 15 is 0 Å². The lowest BCUT2D eigenvalue weighted by Crippen LogP contribution is -2.44. The first-order valence-electron chi connectivity index (χ1n) is 11.2. The van der Waals surface area contributed by atoms with Crippen molar-refractivity contribution in [3.05, 3.63) is 60.3 Å². The minimum Gasteiger partial charge on any atom is -0.573 e. The van der Waals surface area contributed by atoms with Gasteiger partial charge in [-0.1, -0.05) is 6.07 Å². The van der Waals surface area contributed by atoms with E-state index in [9.17, 15) is 4.55 Å². The number of anilines is 6. The van der Waals surface area contributed by atoms with Crippen LogP contribution in [0, 0.1) is 6.92 Å². The zero-order chi connectivity index (χ0) is 24.1. The van der Waals surface area contributed by atoms with E-state index < -0.39 is 11.5 Å². The van der Waals surface area contributed by atoms with Gasteiger partial charge in [-0.15, -0.1) is 4.31 Å². The number of hydrogen-bond acceptors (Lipinski definition) is 9. The van der Waals surface area contributed by atoms with Crippen molar-refractivity contribution in [3.8, 4) is 0 Å². The highest BCUT2D eigenvalue weighted by atomic mass is 32.2. The first-order valence-corrected chi connectivity index (χ1v) is 12.4. The smallest absolute Gasteiger partial charge is 0.229 e. The maximum atomic E-state index is 12.1. The van der Waals surface area contributed by atoms with E-state index in [2.05, 4.69) is 66.4 Å². The van der Waals surface area contributed by atoms with Crippen molar-refractivity contribution in [1.82, 2.24) is 19.2 Å². The molecule has 0 bridgehead atoms. The Morgan fingerprint density at radius 3 is 2.35 bits per heavy atom. The van der Waals surface area contributed by atoms with Crippen LogP contribution in [-0.2, 0) is 11.5 Å². The number of aromatic nitrogens is 2. The number of benzene rings is 2. The molecule has 0 amide bonds. The van der Waals surface area contributed by atoms with Gasteiger partial charge < -0.3 is 25.0 Å². The quantitative estimate of drug-likeness (QED) is 0.418. The molecule has 1 unspecified atom stereocenters. The van der Waals surface area contributed by atoms with Crippen molar-refractivity contribution < 1.29 is 4.55 Å². The van der Waals surface area contributed by atoms with Gasteiger partial charge in [-0.25, -0.2) is 4.98 Å². The van der Waals surface area contributed by atoms with Crippen LogP contribution in [0.2, 0.25) is 0 Å². The second-order valence-electron chi connectivity index (χ2n) is 8.56. The van der Waals surface area contributed by atoms with Gasteiger partial charge in [0.1, 0.15) is 5.82 Å². The second-order valence-corrected chi connectivity index (χ2v) is 9.99. The third-order valence-electron chi connectivity index (χ3n) is 5.63. The van der Waals surface area contributed by atoms with Gasteiger partial charge in [0, 0.05) is 69.1 Å². The van der Waals surface area contributed by atoms with E-state index in [1.165, 1.54) is 5.69 Å². The lowest BCUT2D eigenvalue weighted by molar-refractivity contribution is 0.313. The summed E-state index contributed by atoms with van der Waals surface area (Å²) in [7, 11) is 5.67. The van der Waals surface area contributed by atoms with Crippen molar-refractivity contribution in [2.45, 2.75) is 6.92 Å². The summed E-state index contributed by atoms with van der Waals surface area (Å²) in [5.41, 5.74) is 4.68. The van der Waals surface area contributed by atoms with Crippen LogP contribution in [0.3, 0.4) is 0 Å². The molecule has 1 aromatic heterocycles. The predicted octanol–water partition coefficient (Wildman–Crippen LogP) is 3.58. The fraction of sp³-hybridized carbons (Fsp3) is 0.333. The molecule has 1 aliphatic heterocycles. The molecule has 3 aromatic rings. The topological polar surface area (TPSA) is 94.7 Å². The molecule has 34 heavy (non-hydrogen) atoms. The third kappa shape index (κ3) is 6.29. The summed E-state index contributed by atoms with van der Waals surface area (Å²) in [5, 5.41) is 6.64. The molecule has 4 rings (SSSR count). The number of rotatable bonds is 8. The van der Waals surface area contributed by atoms with Gasteiger partial charge in [0.25, 0.3) is 0 Å². The summed E-state index contributed by atoms with van der Waals surface area (Å²) in [6.45, 7) is 6.21. The Hall–Kier alpha value is -3.05. The maximum Gasteiger partial charge on any atom is 0.229 e. The fourth-order valence-electron chi connectivity index (χ4n) is 3.57. The summed E-state index contributed by atoms with van der Waals surface area (Å²) < 4.78 is 16.6. The minimum absolute atomic E-state index is 0.517. The summed E-state index contributed by atoms with van der Waals surface area (Å²) in [5.74, 6) is 1.22. The molecular formula is C24H32N8OS. The molecule has 180 valence electrons. The zero-order valence-electron chi connectivity index (χ0n) is 20.1. The van der Waals surface area contributed by atoms with Crippen LogP contribution in [0.1, 0.15) is 5.56 Å². The summed E-state index contributed by atoms with van der Waals surface area (Å²) in [4.78, 5) is 13.9. The number of likely N-dealkylation sites (N-methyl/N-ethyl adjacent to an activating group) is 1. The molecule has 2 aromatic carbocycles. The van der Waals surface area contributed by atoms with Crippen molar-refractivity contribution in [1.29, 1.82) is 0 Å². The molecule has 0 aliphatic carbocycles. The molecule has 0 spiro atoms. The summed E-state index contributed by atoms with van der Waals surface area (Å²) in [6, 6.07) is 16.0. The lowest BCUT2D eigenvalue weighted by atomic mass is 10.2. The van der Waals surface area contributed by atoms with E-state index in [-0.39, 0.29) is 0 Å². The SMILES string of the molecule is Cc1cnc(Nc2ccc(N3CCN(C)CC3)cc2)nc1Nc1cccc(N[S+]([O-])N(C)C)c1. The molecule has 3 N–H and O–H groups in total. The van der Waals surface area contributed by atoms with Crippen molar-refractivity contribution in [2.75, 3.05) is 67.6 Å². The highest BCUT2D eigenvalue weighted by Crippen LogP contribution is 2.25. The van der Waals surface area contributed by atoms with Crippen LogP contribution in [0.25, 0.3) is 0 Å². The number of aryl methyl sites for hydroxylation is 1. The molecule has 1 fully saturated rings. The Bertz CT molecular complexity index is 1090. The predicted molar refractivity (Wildman–Crippen MR) is 141 cm³/mol. The van der Waals surface area contributed by atoms with Crippen molar-refractivity contribution >= 4 is 46.1 Å². The van der Waals surface area contributed by atoms with Crippen molar-refractivity contribution in [2.24, 2.45) is 0 Å². The maximum absolute atomic E-state index is 12.1. The summed E-state index contributed by atoms with van der Waals surface area (Å²) >= 11 is -1.30. The highest BCUT2D eigenvalue weighted by Gasteiger charge is 2.14. The molecule has 9 nitrogen and oxygen atoms in total. The Kier molecular flexibility index (Phi) is 7.73. The third-order valence-corrected chi connectivity index (χ3v) is 6.70. The van der Waals surface area contributed by atoms with E-state index in [1.54, 1.807) is 24.6 Å². The monoisotopic (exact) mass is 480 g/mol. The number of nitrogens with one attached hydrogen (secondary N) is 3. The van der Waals surface area contributed by atoms with Crippen LogP contribution in [0.5, 0.6) is 0 Å². The number of nitrogens with zero attached hydrogens (tertiary/aromatic N) is 5. The second kappa shape index (κ2) is 10.9. The van der Waals surface area contributed by atoms with Gasteiger partial charge in [0.2, 0.25) is 5.95 Å².